The van der Waals surface area contributed by atoms with Crippen molar-refractivity contribution in [1.82, 2.24) is 14.8 Å². The number of carbonyl (C=O) groups excluding carboxylic acids is 1. The molecule has 0 amide bonds. The normalized spacial score (nSPS) is 15.3. The molecule has 0 atom stereocenters. The summed E-state index contributed by atoms with van der Waals surface area (Å²) in [7, 11) is 0. The predicted octanol–water partition coefficient (Wildman–Crippen LogP) is 0.928. The van der Waals surface area contributed by atoms with Gasteiger partial charge in [-0.1, -0.05) is 0 Å². The highest BCUT2D eigenvalue weighted by Crippen LogP contribution is 2.30. The number of nitrogens with zero attached hydrogens (tertiary/aromatic N) is 4. The fraction of sp³-hybridized carbons (Fsp3) is 0.571. The van der Waals surface area contributed by atoms with Crippen LogP contribution in [0.2, 0.25) is 0 Å². The molecule has 1 fully saturated rings. The van der Waals surface area contributed by atoms with Gasteiger partial charge in [-0.15, -0.1) is 0 Å². The molecule has 0 N–H and O–H groups in total. The third kappa shape index (κ3) is 2.20. The van der Waals surface area contributed by atoms with Crippen LogP contribution in [-0.4, -0.2) is 25.5 Å². The van der Waals surface area contributed by atoms with Crippen LogP contribution in [0, 0.1) is 16.0 Å². The van der Waals surface area contributed by atoms with E-state index in [4.69, 9.17) is 0 Å². The van der Waals surface area contributed by atoms with Gasteiger partial charge in [-0.3, -0.25) is 4.79 Å². The largest absolute Gasteiger partial charge is 0.492 e. The molecule has 1 heterocycles. The lowest BCUT2D eigenvalue weighted by Crippen LogP contribution is -2.13. The van der Waals surface area contributed by atoms with Crippen molar-refractivity contribution < 1.29 is 9.72 Å². The fourth-order valence-corrected chi connectivity index (χ4v) is 1.54. The van der Waals surface area contributed by atoms with E-state index in [1.54, 1.807) is 0 Å². The highest BCUT2D eigenvalue weighted by molar-refractivity contribution is 9.10. The highest BCUT2D eigenvalue weighted by atomic mass is 79.9. The number of rotatable bonds is 4. The molecule has 1 aromatic rings. The molecule has 8 heteroatoms. The SMILES string of the molecule is O=C(Cn1nc([N+](=O)[O-])nc1Br)C1CC1. The van der Waals surface area contributed by atoms with E-state index in [9.17, 15) is 14.9 Å². The van der Waals surface area contributed by atoms with Gasteiger partial charge in [0.1, 0.15) is 6.54 Å². The Morgan fingerprint density at radius 3 is 2.80 bits per heavy atom. The molecule has 7 nitrogen and oxygen atoms in total. The van der Waals surface area contributed by atoms with Crippen molar-refractivity contribution in [2.75, 3.05) is 0 Å². The average molecular weight is 275 g/mol. The molecule has 80 valence electrons. The van der Waals surface area contributed by atoms with E-state index in [1.807, 2.05) is 0 Å². The predicted molar refractivity (Wildman–Crippen MR) is 52.1 cm³/mol. The van der Waals surface area contributed by atoms with Crippen LogP contribution < -0.4 is 0 Å². The average Bonchev–Trinajstić information content (AvgIpc) is 2.93. The molecule has 0 bridgehead atoms. The van der Waals surface area contributed by atoms with Crippen LogP contribution >= 0.6 is 15.9 Å². The summed E-state index contributed by atoms with van der Waals surface area (Å²) in [5.41, 5.74) is 0. The van der Waals surface area contributed by atoms with Gasteiger partial charge < -0.3 is 10.1 Å². The summed E-state index contributed by atoms with van der Waals surface area (Å²) in [5.74, 6) is -0.332. The van der Waals surface area contributed by atoms with Crippen molar-refractivity contribution >= 4 is 27.7 Å². The van der Waals surface area contributed by atoms with Crippen molar-refractivity contribution in [3.63, 3.8) is 0 Å². The van der Waals surface area contributed by atoms with Crippen LogP contribution in [0.5, 0.6) is 0 Å². The fourth-order valence-electron chi connectivity index (χ4n) is 1.17. The molecular formula is C7H7BrN4O3. The van der Waals surface area contributed by atoms with Crippen LogP contribution in [0.1, 0.15) is 12.8 Å². The van der Waals surface area contributed by atoms with Crippen LogP contribution in [0.25, 0.3) is 0 Å². The molecule has 1 aliphatic carbocycles. The number of nitro groups is 1. The second-order valence-corrected chi connectivity index (χ2v) is 4.05. The van der Waals surface area contributed by atoms with E-state index in [0.717, 1.165) is 12.8 Å². The minimum Gasteiger partial charge on any atom is -0.390 e. The lowest BCUT2D eigenvalue weighted by molar-refractivity contribution is -0.394. The lowest BCUT2D eigenvalue weighted by atomic mass is 10.3. The molecule has 1 aliphatic rings. The van der Waals surface area contributed by atoms with Gasteiger partial charge in [0.05, 0.1) is 0 Å². The smallest absolute Gasteiger partial charge is 0.390 e. The molecule has 0 aromatic carbocycles. The minimum absolute atomic E-state index is 0.0477. The van der Waals surface area contributed by atoms with Crippen molar-refractivity contribution in [3.8, 4) is 0 Å². The van der Waals surface area contributed by atoms with Crippen LogP contribution in [0.4, 0.5) is 5.95 Å². The van der Waals surface area contributed by atoms with Gasteiger partial charge in [0.15, 0.2) is 5.78 Å². The monoisotopic (exact) mass is 274 g/mol. The second-order valence-electron chi connectivity index (χ2n) is 3.34. The van der Waals surface area contributed by atoms with Crippen LogP contribution in [-0.2, 0) is 11.3 Å². The van der Waals surface area contributed by atoms with Gasteiger partial charge >= 0.3 is 5.95 Å². The number of halogens is 1. The van der Waals surface area contributed by atoms with Gasteiger partial charge in [-0.25, -0.2) is 0 Å². The zero-order chi connectivity index (χ0) is 11.0. The van der Waals surface area contributed by atoms with Gasteiger partial charge in [-0.05, 0) is 22.7 Å². The first kappa shape index (κ1) is 10.2. The Morgan fingerprint density at radius 1 is 1.67 bits per heavy atom. The Bertz CT molecular complexity index is 426. The number of aromatic nitrogens is 3. The van der Waals surface area contributed by atoms with E-state index in [1.165, 1.54) is 4.68 Å². The summed E-state index contributed by atoms with van der Waals surface area (Å²) in [6.07, 6.45) is 1.82. The van der Waals surface area contributed by atoms with Crippen LogP contribution in [0.3, 0.4) is 0 Å². The van der Waals surface area contributed by atoms with E-state index < -0.39 is 10.9 Å². The third-order valence-corrected chi connectivity index (χ3v) is 2.70. The van der Waals surface area contributed by atoms with Gasteiger partial charge in [0.25, 0.3) is 4.73 Å². The first-order valence-electron chi connectivity index (χ1n) is 4.35. The van der Waals surface area contributed by atoms with Crippen molar-refractivity contribution in [2.24, 2.45) is 5.92 Å². The Labute approximate surface area is 92.8 Å². The van der Waals surface area contributed by atoms with E-state index >= 15 is 0 Å². The Kier molecular flexibility index (Phi) is 2.51. The summed E-state index contributed by atoms with van der Waals surface area (Å²) in [5, 5.41) is 14.0. The maximum Gasteiger partial charge on any atom is 0.492 e. The molecule has 2 rings (SSSR count). The first-order valence-corrected chi connectivity index (χ1v) is 5.14. The Morgan fingerprint density at radius 2 is 2.33 bits per heavy atom. The second kappa shape index (κ2) is 3.69. The maximum absolute atomic E-state index is 11.4. The molecule has 1 saturated carbocycles. The number of hydrogen-bond acceptors (Lipinski definition) is 5. The van der Waals surface area contributed by atoms with Crippen LogP contribution in [0.15, 0.2) is 4.73 Å². The summed E-state index contributed by atoms with van der Waals surface area (Å²) in [4.78, 5) is 24.7. The number of ketones is 1. The topological polar surface area (TPSA) is 90.9 Å². The Hall–Kier alpha value is -1.31. The quantitative estimate of drug-likeness (QED) is 0.602. The van der Waals surface area contributed by atoms with Crippen molar-refractivity contribution in [1.29, 1.82) is 0 Å². The van der Waals surface area contributed by atoms with Crippen molar-refractivity contribution in [2.45, 2.75) is 19.4 Å². The summed E-state index contributed by atoms with van der Waals surface area (Å²) >= 11 is 3.02. The van der Waals surface area contributed by atoms with E-state index in [0.29, 0.717) is 0 Å². The molecule has 0 unspecified atom stereocenters. The standard InChI is InChI=1S/C7H7BrN4O3/c8-6-9-7(12(14)15)10-11(6)3-5(13)4-1-2-4/h4H,1-3H2. The molecule has 1 aromatic heterocycles. The van der Waals surface area contributed by atoms with Gasteiger partial charge in [-0.2, -0.15) is 4.68 Å². The maximum atomic E-state index is 11.4. The third-order valence-electron chi connectivity index (χ3n) is 2.12. The van der Waals surface area contributed by atoms with Gasteiger partial charge in [0, 0.05) is 26.9 Å². The minimum atomic E-state index is -0.692. The molecular weight excluding hydrogens is 268 g/mol. The highest BCUT2D eigenvalue weighted by Gasteiger charge is 2.31. The molecule has 0 saturated heterocycles. The summed E-state index contributed by atoms with van der Waals surface area (Å²) in [6, 6.07) is 0. The van der Waals surface area contributed by atoms with E-state index in [2.05, 4.69) is 26.0 Å². The summed E-state index contributed by atoms with van der Waals surface area (Å²) < 4.78 is 1.42. The lowest BCUT2D eigenvalue weighted by Gasteiger charge is -1.94. The van der Waals surface area contributed by atoms with E-state index in [-0.39, 0.29) is 23.0 Å². The van der Waals surface area contributed by atoms with Crippen molar-refractivity contribution in [3.05, 3.63) is 14.8 Å². The number of hydrogen-bond donors (Lipinski definition) is 0. The Balaban J connectivity index is 2.13. The molecule has 0 aliphatic heterocycles. The molecule has 0 radical (unpaired) electrons. The van der Waals surface area contributed by atoms with Gasteiger partial charge in [0.2, 0.25) is 0 Å². The molecule has 0 spiro atoms. The number of Topliss-reactive ketones (excluding diaryl/α,β-unsaturated/α-hetero) is 1. The molecule has 15 heavy (non-hydrogen) atoms. The first-order chi connectivity index (χ1) is 7.08. The summed E-state index contributed by atoms with van der Waals surface area (Å²) in [6.45, 7) is 0.0477. The zero-order valence-corrected chi connectivity index (χ0v) is 9.18. The zero-order valence-electron chi connectivity index (χ0n) is 7.59. The number of carbonyl (C=O) groups is 1.